The molecule has 0 unspecified atom stereocenters. The number of aromatic amines is 2. The number of aromatic nitrogens is 4. The van der Waals surface area contributed by atoms with Crippen molar-refractivity contribution in [3.63, 3.8) is 0 Å². The average molecular weight is 469 g/mol. The van der Waals surface area contributed by atoms with Gasteiger partial charge in [-0.1, -0.05) is 18.2 Å². The number of ketones is 1. The van der Waals surface area contributed by atoms with Crippen LogP contribution in [0.1, 0.15) is 27.0 Å². The number of nitrogens with one attached hydrogen (secondary N) is 2. The monoisotopic (exact) mass is 469 g/mol. The van der Waals surface area contributed by atoms with Crippen LogP contribution in [0.5, 0.6) is 0 Å². The Bertz CT molecular complexity index is 1300. The van der Waals surface area contributed by atoms with Gasteiger partial charge in [-0.15, -0.1) is 0 Å². The summed E-state index contributed by atoms with van der Waals surface area (Å²) < 4.78 is 43.7. The first-order valence-electron chi connectivity index (χ1n) is 10.9. The summed E-state index contributed by atoms with van der Waals surface area (Å²) in [7, 11) is 0. The third-order valence-corrected chi connectivity index (χ3v) is 5.90. The van der Waals surface area contributed by atoms with E-state index in [9.17, 15) is 18.0 Å². The first kappa shape index (κ1) is 22.3. The van der Waals surface area contributed by atoms with Crippen LogP contribution in [-0.2, 0) is 23.9 Å². The number of carbonyl (C=O) groups is 1. The fourth-order valence-corrected chi connectivity index (χ4v) is 4.06. The van der Waals surface area contributed by atoms with Gasteiger partial charge in [0.15, 0.2) is 11.6 Å². The van der Waals surface area contributed by atoms with Gasteiger partial charge in [-0.05, 0) is 29.8 Å². The van der Waals surface area contributed by atoms with Gasteiger partial charge in [-0.2, -0.15) is 18.3 Å². The van der Waals surface area contributed by atoms with E-state index in [2.05, 4.69) is 31.1 Å². The van der Waals surface area contributed by atoms with Crippen molar-refractivity contribution in [1.29, 1.82) is 0 Å². The van der Waals surface area contributed by atoms with Gasteiger partial charge in [0.25, 0.3) is 0 Å². The first-order valence-corrected chi connectivity index (χ1v) is 10.9. The van der Waals surface area contributed by atoms with Crippen LogP contribution in [0, 0.1) is 0 Å². The third kappa shape index (κ3) is 4.73. The molecule has 1 aliphatic heterocycles. The molecule has 7 nitrogen and oxygen atoms in total. The zero-order chi connectivity index (χ0) is 23.7. The lowest BCUT2D eigenvalue weighted by molar-refractivity contribution is -0.137. The van der Waals surface area contributed by atoms with Crippen LogP contribution in [0.4, 0.5) is 13.2 Å². The highest BCUT2D eigenvalue weighted by Crippen LogP contribution is 2.29. The molecule has 2 N–H and O–H groups in total. The molecule has 2 aromatic heterocycles. The summed E-state index contributed by atoms with van der Waals surface area (Å²) in [6.45, 7) is 4.10. The summed E-state index contributed by atoms with van der Waals surface area (Å²) in [5.74, 6) is 0.242. The van der Waals surface area contributed by atoms with Gasteiger partial charge in [0.1, 0.15) is 5.69 Å². The number of halogens is 3. The average Bonchev–Trinajstić information content (AvgIpc) is 3.45. The number of alkyl halides is 3. The Morgan fingerprint density at radius 3 is 2.59 bits per heavy atom. The Balaban J connectivity index is 1.33. The van der Waals surface area contributed by atoms with Gasteiger partial charge in [-0.3, -0.25) is 14.8 Å². The van der Waals surface area contributed by atoms with Crippen LogP contribution in [-0.4, -0.2) is 57.2 Å². The second-order valence-electron chi connectivity index (χ2n) is 8.27. The van der Waals surface area contributed by atoms with Crippen LogP contribution in [0.15, 0.2) is 48.7 Å². The minimum atomic E-state index is -4.44. The number of nitrogens with zero attached hydrogens (tertiary/aromatic N) is 3. The number of hydrogen-bond acceptors (Lipinski definition) is 5. The van der Waals surface area contributed by atoms with E-state index in [-0.39, 0.29) is 17.8 Å². The highest BCUT2D eigenvalue weighted by Gasteiger charge is 2.30. The van der Waals surface area contributed by atoms with Crippen LogP contribution >= 0.6 is 0 Å². The minimum Gasteiger partial charge on any atom is -0.379 e. The van der Waals surface area contributed by atoms with E-state index in [1.165, 1.54) is 18.3 Å². The number of carbonyl (C=O) groups excluding carboxylic acids is 1. The van der Waals surface area contributed by atoms with Crippen molar-refractivity contribution < 1.29 is 22.7 Å². The van der Waals surface area contributed by atoms with E-state index in [0.717, 1.165) is 61.6 Å². The number of fused-ring (bicyclic) bond motifs is 1. The molecule has 1 fully saturated rings. The van der Waals surface area contributed by atoms with Crippen molar-refractivity contribution in [3.8, 4) is 11.5 Å². The predicted molar refractivity (Wildman–Crippen MR) is 119 cm³/mol. The van der Waals surface area contributed by atoms with Crippen molar-refractivity contribution in [2.45, 2.75) is 19.1 Å². The summed E-state index contributed by atoms with van der Waals surface area (Å²) in [6.07, 6.45) is -2.92. The summed E-state index contributed by atoms with van der Waals surface area (Å²) in [5, 5.41) is 6.93. The van der Waals surface area contributed by atoms with Gasteiger partial charge in [0, 0.05) is 37.2 Å². The molecular weight excluding hydrogens is 447 g/mol. The van der Waals surface area contributed by atoms with Crippen molar-refractivity contribution >= 4 is 16.8 Å². The minimum absolute atomic E-state index is 0.0173. The van der Waals surface area contributed by atoms with Gasteiger partial charge >= 0.3 is 6.18 Å². The highest BCUT2D eigenvalue weighted by atomic mass is 19.4. The molecule has 1 aliphatic rings. The SMILES string of the molecule is O=C(Cc1cn[nH]c1-c1nc2ccc(CN3CCOCC3)cc2[nH]1)c1ccc(C(F)(F)F)cc1. The fraction of sp³-hybridized carbons (Fsp3) is 0.292. The largest absolute Gasteiger partial charge is 0.416 e. The highest BCUT2D eigenvalue weighted by molar-refractivity contribution is 5.98. The van der Waals surface area contributed by atoms with Crippen LogP contribution in [0.3, 0.4) is 0 Å². The van der Waals surface area contributed by atoms with E-state index in [1.54, 1.807) is 0 Å². The molecule has 176 valence electrons. The van der Waals surface area contributed by atoms with E-state index < -0.39 is 11.7 Å². The molecule has 2 aromatic carbocycles. The maximum Gasteiger partial charge on any atom is 0.416 e. The Labute approximate surface area is 192 Å². The van der Waals surface area contributed by atoms with E-state index >= 15 is 0 Å². The molecular formula is C24H22F3N5O2. The van der Waals surface area contributed by atoms with Crippen LogP contribution in [0.25, 0.3) is 22.6 Å². The number of ether oxygens (including phenoxy) is 1. The number of hydrogen-bond donors (Lipinski definition) is 2. The van der Waals surface area contributed by atoms with Gasteiger partial charge in [0.2, 0.25) is 0 Å². The Morgan fingerprint density at radius 1 is 1.09 bits per heavy atom. The summed E-state index contributed by atoms with van der Waals surface area (Å²) in [5.41, 5.74) is 3.42. The lowest BCUT2D eigenvalue weighted by Gasteiger charge is -2.26. The number of imidazole rings is 1. The standard InChI is InChI=1S/C24H22F3N5O2/c25-24(26,27)18-4-2-16(3-5-18)21(33)12-17-13-28-31-22(17)23-29-19-6-1-15(11-20(19)30-23)14-32-7-9-34-10-8-32/h1-6,11,13H,7-10,12,14H2,(H,28,31)(H,29,30). The molecule has 0 atom stereocenters. The molecule has 0 spiro atoms. The normalized spacial score (nSPS) is 15.1. The van der Waals surface area contributed by atoms with Gasteiger partial charge in [0.05, 0.1) is 36.0 Å². The Kier molecular flexibility index (Phi) is 5.93. The van der Waals surface area contributed by atoms with Gasteiger partial charge in [-0.25, -0.2) is 4.98 Å². The quantitative estimate of drug-likeness (QED) is 0.413. The molecule has 4 aromatic rings. The predicted octanol–water partition coefficient (Wildman–Crippen LogP) is 4.23. The lowest BCUT2D eigenvalue weighted by Crippen LogP contribution is -2.35. The number of rotatable bonds is 6. The smallest absolute Gasteiger partial charge is 0.379 e. The molecule has 0 saturated carbocycles. The third-order valence-electron chi connectivity index (χ3n) is 5.90. The van der Waals surface area contributed by atoms with Crippen molar-refractivity contribution in [1.82, 2.24) is 25.1 Å². The molecule has 3 heterocycles. The maximum absolute atomic E-state index is 12.8. The van der Waals surface area contributed by atoms with Crippen molar-refractivity contribution in [2.75, 3.05) is 26.3 Å². The lowest BCUT2D eigenvalue weighted by atomic mass is 10.0. The maximum atomic E-state index is 12.8. The van der Waals surface area contributed by atoms with E-state index in [0.29, 0.717) is 17.1 Å². The molecule has 1 saturated heterocycles. The summed E-state index contributed by atoms with van der Waals surface area (Å²) in [6, 6.07) is 10.3. The van der Waals surface area contributed by atoms with Crippen LogP contribution < -0.4 is 0 Å². The topological polar surface area (TPSA) is 86.9 Å². The van der Waals surface area contributed by atoms with Gasteiger partial charge < -0.3 is 9.72 Å². The summed E-state index contributed by atoms with van der Waals surface area (Å²) >= 11 is 0. The fourth-order valence-electron chi connectivity index (χ4n) is 4.06. The molecule has 34 heavy (non-hydrogen) atoms. The first-order chi connectivity index (χ1) is 16.4. The van der Waals surface area contributed by atoms with Crippen molar-refractivity contribution in [2.24, 2.45) is 0 Å². The number of H-pyrrole nitrogens is 2. The molecule has 0 bridgehead atoms. The Hall–Kier alpha value is -3.50. The second kappa shape index (κ2) is 9.03. The van der Waals surface area contributed by atoms with Crippen molar-refractivity contribution in [3.05, 3.63) is 70.9 Å². The number of morpholine rings is 1. The molecule has 10 heteroatoms. The molecule has 0 radical (unpaired) electrons. The van der Waals surface area contributed by atoms with E-state index in [4.69, 9.17) is 4.74 Å². The summed E-state index contributed by atoms with van der Waals surface area (Å²) in [4.78, 5) is 22.9. The molecule has 0 aliphatic carbocycles. The van der Waals surface area contributed by atoms with E-state index in [1.807, 2.05) is 12.1 Å². The second-order valence-corrected chi connectivity index (χ2v) is 8.27. The van der Waals surface area contributed by atoms with Crippen LogP contribution in [0.2, 0.25) is 0 Å². The zero-order valence-electron chi connectivity index (χ0n) is 18.2. The molecule has 5 rings (SSSR count). The Morgan fingerprint density at radius 2 is 1.85 bits per heavy atom. The molecule has 0 amide bonds. The number of Topliss-reactive ketones (excluding diaryl/α,β-unsaturated/α-hetero) is 1. The number of benzene rings is 2. The zero-order valence-corrected chi connectivity index (χ0v) is 18.2.